The summed E-state index contributed by atoms with van der Waals surface area (Å²) < 4.78 is 13.0. The zero-order valence-electron chi connectivity index (χ0n) is 20.0. The molecule has 2 heterocycles. The second kappa shape index (κ2) is 11.8. The molecule has 0 aliphatic carbocycles. The van der Waals surface area contributed by atoms with Crippen LogP contribution in [0.3, 0.4) is 0 Å². The molecule has 0 bridgehead atoms. The van der Waals surface area contributed by atoms with Gasteiger partial charge in [-0.3, -0.25) is 9.59 Å². The molecular formula is C27H33FN4O3. The summed E-state index contributed by atoms with van der Waals surface area (Å²) in [4.78, 5) is 41.6. The molecule has 2 aliphatic heterocycles. The van der Waals surface area contributed by atoms with Gasteiger partial charge in [0.05, 0.1) is 0 Å². The Morgan fingerprint density at radius 3 is 2.06 bits per heavy atom. The average Bonchev–Trinajstić information content (AvgIpc) is 3.18. The molecule has 2 aliphatic rings. The molecule has 0 saturated carbocycles. The first kappa shape index (κ1) is 24.7. The van der Waals surface area contributed by atoms with E-state index in [9.17, 15) is 18.8 Å². The summed E-state index contributed by atoms with van der Waals surface area (Å²) in [5.74, 6) is -0.449. The Morgan fingerprint density at radius 2 is 1.43 bits per heavy atom. The zero-order valence-corrected chi connectivity index (χ0v) is 20.0. The van der Waals surface area contributed by atoms with Gasteiger partial charge in [0.15, 0.2) is 0 Å². The van der Waals surface area contributed by atoms with Crippen molar-refractivity contribution >= 4 is 23.5 Å². The van der Waals surface area contributed by atoms with E-state index in [2.05, 4.69) is 10.6 Å². The van der Waals surface area contributed by atoms with Gasteiger partial charge in [-0.25, -0.2) is 9.18 Å². The third-order valence-electron chi connectivity index (χ3n) is 6.81. The van der Waals surface area contributed by atoms with Gasteiger partial charge >= 0.3 is 6.03 Å². The predicted octanol–water partition coefficient (Wildman–Crippen LogP) is 4.40. The Bertz CT molecular complexity index is 1010. The van der Waals surface area contributed by atoms with Crippen molar-refractivity contribution < 1.29 is 18.8 Å². The number of carbonyl (C=O) groups excluding carboxylic acids is 3. The highest BCUT2D eigenvalue weighted by Crippen LogP contribution is 2.20. The minimum Gasteiger partial charge on any atom is -0.352 e. The van der Waals surface area contributed by atoms with Crippen LogP contribution in [0.25, 0.3) is 0 Å². The van der Waals surface area contributed by atoms with Crippen LogP contribution in [0.15, 0.2) is 48.5 Å². The molecule has 0 spiro atoms. The SMILES string of the molecule is O=C(NCc1ccc(F)cc1)C1CCN(C(=O)Nc2ccc(C(=O)N3CCCCCC3)cc2)CC1. The van der Waals surface area contributed by atoms with Crippen LogP contribution >= 0.6 is 0 Å². The number of carbonyl (C=O) groups is 3. The molecule has 2 fully saturated rings. The third-order valence-corrected chi connectivity index (χ3v) is 6.81. The Kier molecular flexibility index (Phi) is 8.34. The fourth-order valence-electron chi connectivity index (χ4n) is 4.64. The number of piperidine rings is 1. The number of urea groups is 1. The van der Waals surface area contributed by atoms with E-state index in [1.165, 1.54) is 25.0 Å². The number of rotatable bonds is 5. The van der Waals surface area contributed by atoms with Gasteiger partial charge in [-0.15, -0.1) is 0 Å². The quantitative estimate of drug-likeness (QED) is 0.666. The monoisotopic (exact) mass is 480 g/mol. The molecule has 2 aromatic carbocycles. The molecule has 0 unspecified atom stereocenters. The first-order valence-corrected chi connectivity index (χ1v) is 12.5. The summed E-state index contributed by atoms with van der Waals surface area (Å²) >= 11 is 0. The lowest BCUT2D eigenvalue weighted by Gasteiger charge is -2.31. The summed E-state index contributed by atoms with van der Waals surface area (Å²) in [6.07, 6.45) is 5.62. The molecule has 7 nitrogen and oxygen atoms in total. The first-order chi connectivity index (χ1) is 17.0. The number of hydrogen-bond donors (Lipinski definition) is 2. The van der Waals surface area contributed by atoms with Gasteiger partial charge in [0.25, 0.3) is 5.91 Å². The van der Waals surface area contributed by atoms with Crippen LogP contribution in [0.1, 0.15) is 54.4 Å². The molecule has 0 radical (unpaired) electrons. The largest absolute Gasteiger partial charge is 0.352 e. The molecule has 186 valence electrons. The summed E-state index contributed by atoms with van der Waals surface area (Å²) in [5.41, 5.74) is 2.12. The number of anilines is 1. The van der Waals surface area contributed by atoms with Crippen molar-refractivity contribution in [2.24, 2.45) is 5.92 Å². The Labute approximate surface area is 205 Å². The van der Waals surface area contributed by atoms with E-state index in [-0.39, 0.29) is 29.6 Å². The maximum absolute atomic E-state index is 13.0. The summed E-state index contributed by atoms with van der Waals surface area (Å²) in [6.45, 7) is 2.95. The summed E-state index contributed by atoms with van der Waals surface area (Å²) in [5, 5.41) is 5.80. The maximum atomic E-state index is 13.0. The van der Waals surface area contributed by atoms with E-state index in [1.807, 2.05) is 4.90 Å². The fraction of sp³-hybridized carbons (Fsp3) is 0.444. The van der Waals surface area contributed by atoms with Crippen molar-refractivity contribution in [3.05, 3.63) is 65.5 Å². The van der Waals surface area contributed by atoms with E-state index in [4.69, 9.17) is 0 Å². The van der Waals surface area contributed by atoms with Crippen molar-refractivity contribution in [3.63, 3.8) is 0 Å². The minimum absolute atomic E-state index is 0.0425. The maximum Gasteiger partial charge on any atom is 0.321 e. The van der Waals surface area contributed by atoms with Crippen molar-refractivity contribution in [2.75, 3.05) is 31.5 Å². The van der Waals surface area contributed by atoms with Gasteiger partial charge < -0.3 is 20.4 Å². The lowest BCUT2D eigenvalue weighted by atomic mass is 9.96. The molecular weight excluding hydrogens is 447 g/mol. The van der Waals surface area contributed by atoms with Crippen molar-refractivity contribution in [1.82, 2.24) is 15.1 Å². The van der Waals surface area contributed by atoms with E-state index in [0.717, 1.165) is 31.5 Å². The highest BCUT2D eigenvalue weighted by molar-refractivity contribution is 5.95. The fourth-order valence-corrected chi connectivity index (χ4v) is 4.64. The van der Waals surface area contributed by atoms with Crippen LogP contribution in [0.4, 0.5) is 14.9 Å². The molecule has 0 aromatic heterocycles. The number of amides is 4. The Morgan fingerprint density at radius 1 is 0.800 bits per heavy atom. The first-order valence-electron chi connectivity index (χ1n) is 12.5. The summed E-state index contributed by atoms with van der Waals surface area (Å²) in [7, 11) is 0. The molecule has 35 heavy (non-hydrogen) atoms. The minimum atomic E-state index is -0.303. The van der Waals surface area contributed by atoms with Crippen LogP contribution in [0.5, 0.6) is 0 Å². The van der Waals surface area contributed by atoms with Crippen LogP contribution in [-0.4, -0.2) is 53.8 Å². The lowest BCUT2D eigenvalue weighted by Crippen LogP contribution is -2.44. The lowest BCUT2D eigenvalue weighted by molar-refractivity contribution is -0.126. The van der Waals surface area contributed by atoms with Gasteiger partial charge in [-0.05, 0) is 67.6 Å². The smallest absolute Gasteiger partial charge is 0.321 e. The van der Waals surface area contributed by atoms with Gasteiger partial charge in [-0.2, -0.15) is 0 Å². The van der Waals surface area contributed by atoms with Crippen LogP contribution < -0.4 is 10.6 Å². The second-order valence-corrected chi connectivity index (χ2v) is 9.32. The molecule has 4 rings (SSSR count). The third kappa shape index (κ3) is 6.81. The molecule has 0 atom stereocenters. The zero-order chi connectivity index (χ0) is 24.6. The van der Waals surface area contributed by atoms with E-state index < -0.39 is 0 Å². The average molecular weight is 481 g/mol. The molecule has 2 saturated heterocycles. The molecule has 2 N–H and O–H groups in total. The van der Waals surface area contributed by atoms with Crippen molar-refractivity contribution in [2.45, 2.75) is 45.1 Å². The van der Waals surface area contributed by atoms with Gasteiger partial charge in [0, 0.05) is 49.9 Å². The standard InChI is InChI=1S/C27H33FN4O3/c28-23-9-5-20(6-10-23)19-29-25(33)21-13-17-32(18-14-21)27(35)30-24-11-7-22(8-12-24)26(34)31-15-3-1-2-4-16-31/h5-12,21H,1-4,13-19H2,(H,29,33)(H,30,35). The van der Waals surface area contributed by atoms with Gasteiger partial charge in [0.1, 0.15) is 5.82 Å². The topological polar surface area (TPSA) is 81.8 Å². The number of halogens is 1. The van der Waals surface area contributed by atoms with Crippen LogP contribution in [0.2, 0.25) is 0 Å². The molecule has 2 aromatic rings. The number of benzene rings is 2. The van der Waals surface area contributed by atoms with Crippen LogP contribution in [-0.2, 0) is 11.3 Å². The van der Waals surface area contributed by atoms with E-state index >= 15 is 0 Å². The predicted molar refractivity (Wildman–Crippen MR) is 132 cm³/mol. The van der Waals surface area contributed by atoms with E-state index in [0.29, 0.717) is 43.7 Å². The van der Waals surface area contributed by atoms with E-state index in [1.54, 1.807) is 41.3 Å². The molecule has 8 heteroatoms. The normalized spacial score (nSPS) is 16.9. The van der Waals surface area contributed by atoms with Crippen molar-refractivity contribution in [1.29, 1.82) is 0 Å². The Hall–Kier alpha value is -3.42. The molecule has 4 amide bonds. The highest BCUT2D eigenvalue weighted by Gasteiger charge is 2.27. The Balaban J connectivity index is 1.21. The number of hydrogen-bond acceptors (Lipinski definition) is 3. The summed E-state index contributed by atoms with van der Waals surface area (Å²) in [6, 6.07) is 12.9. The van der Waals surface area contributed by atoms with Gasteiger partial charge in [-0.1, -0.05) is 25.0 Å². The number of likely N-dealkylation sites (tertiary alicyclic amines) is 2. The second-order valence-electron chi connectivity index (χ2n) is 9.32. The highest BCUT2D eigenvalue weighted by atomic mass is 19.1. The van der Waals surface area contributed by atoms with Crippen LogP contribution in [0, 0.1) is 11.7 Å². The van der Waals surface area contributed by atoms with Crippen molar-refractivity contribution in [3.8, 4) is 0 Å². The van der Waals surface area contributed by atoms with Gasteiger partial charge in [0.2, 0.25) is 5.91 Å². The number of nitrogens with one attached hydrogen (secondary N) is 2. The number of nitrogens with zero attached hydrogens (tertiary/aromatic N) is 2.